The van der Waals surface area contributed by atoms with Gasteiger partial charge in [0.2, 0.25) is 0 Å². The lowest BCUT2D eigenvalue weighted by molar-refractivity contribution is 0.135. The van der Waals surface area contributed by atoms with E-state index in [0.717, 1.165) is 17.5 Å². The smallest absolute Gasteiger partial charge is 0.322 e. The molecule has 6 heteroatoms. The molecule has 0 spiro atoms. The first-order chi connectivity index (χ1) is 12.2. The highest BCUT2D eigenvalue weighted by Gasteiger charge is 2.30. The van der Waals surface area contributed by atoms with Gasteiger partial charge in [0, 0.05) is 25.2 Å². The Balaban J connectivity index is 1.57. The second kappa shape index (κ2) is 6.22. The normalized spacial score (nSPS) is 16.7. The van der Waals surface area contributed by atoms with Crippen LogP contribution in [0.2, 0.25) is 0 Å². The van der Waals surface area contributed by atoms with Crippen molar-refractivity contribution >= 4 is 22.8 Å². The Morgan fingerprint density at radius 2 is 2.20 bits per heavy atom. The SMILES string of the molecule is Cc1nc2ccc(NC(=O)N3CCc4ccccc4C3CO)cc2o1. The number of rotatable bonds is 2. The predicted octanol–water partition coefficient (Wildman–Crippen LogP) is 3.26. The summed E-state index contributed by atoms with van der Waals surface area (Å²) in [6, 6.07) is 12.8. The van der Waals surface area contributed by atoms with Crippen LogP contribution in [0.1, 0.15) is 23.1 Å². The molecule has 0 fully saturated rings. The summed E-state index contributed by atoms with van der Waals surface area (Å²) in [6.45, 7) is 2.25. The van der Waals surface area contributed by atoms with Crippen LogP contribution in [0.3, 0.4) is 0 Å². The Hall–Kier alpha value is -2.86. The van der Waals surface area contributed by atoms with Gasteiger partial charge in [-0.3, -0.25) is 0 Å². The van der Waals surface area contributed by atoms with E-state index in [1.807, 2.05) is 30.3 Å². The number of benzene rings is 2. The van der Waals surface area contributed by atoms with E-state index in [0.29, 0.717) is 23.7 Å². The van der Waals surface area contributed by atoms with Gasteiger partial charge in [-0.05, 0) is 29.7 Å². The van der Waals surface area contributed by atoms with Crippen LogP contribution in [0, 0.1) is 6.92 Å². The number of oxazole rings is 1. The van der Waals surface area contributed by atoms with Gasteiger partial charge in [-0.25, -0.2) is 9.78 Å². The van der Waals surface area contributed by atoms with E-state index in [-0.39, 0.29) is 18.7 Å². The first-order valence-electron chi connectivity index (χ1n) is 8.29. The number of urea groups is 1. The third kappa shape index (κ3) is 2.85. The first-order valence-corrected chi connectivity index (χ1v) is 8.29. The van der Waals surface area contributed by atoms with Crippen LogP contribution < -0.4 is 5.32 Å². The number of aromatic nitrogens is 1. The average Bonchev–Trinajstić information content (AvgIpc) is 2.99. The third-order valence-corrected chi connectivity index (χ3v) is 4.59. The zero-order chi connectivity index (χ0) is 17.4. The number of aryl methyl sites for hydroxylation is 1. The molecule has 0 saturated carbocycles. The van der Waals surface area contributed by atoms with Crippen LogP contribution in [0.25, 0.3) is 11.1 Å². The summed E-state index contributed by atoms with van der Waals surface area (Å²) in [7, 11) is 0. The van der Waals surface area contributed by atoms with Gasteiger partial charge in [-0.2, -0.15) is 0 Å². The number of carbonyl (C=O) groups excluding carboxylic acids is 1. The van der Waals surface area contributed by atoms with Crippen molar-refractivity contribution in [1.82, 2.24) is 9.88 Å². The number of hydrogen-bond acceptors (Lipinski definition) is 4. The molecule has 1 aromatic heterocycles. The van der Waals surface area contributed by atoms with Crippen LogP contribution in [-0.4, -0.2) is 34.2 Å². The molecule has 3 aromatic rings. The van der Waals surface area contributed by atoms with Crippen molar-refractivity contribution in [2.45, 2.75) is 19.4 Å². The van der Waals surface area contributed by atoms with Crippen molar-refractivity contribution in [3.63, 3.8) is 0 Å². The maximum absolute atomic E-state index is 12.7. The Bertz CT molecular complexity index is 935. The van der Waals surface area contributed by atoms with Gasteiger partial charge in [0.25, 0.3) is 0 Å². The van der Waals surface area contributed by atoms with Crippen LogP contribution >= 0.6 is 0 Å². The summed E-state index contributed by atoms with van der Waals surface area (Å²) in [6.07, 6.45) is 0.778. The Morgan fingerprint density at radius 3 is 3.04 bits per heavy atom. The molecule has 0 saturated heterocycles. The Morgan fingerprint density at radius 1 is 1.36 bits per heavy atom. The maximum atomic E-state index is 12.7. The van der Waals surface area contributed by atoms with Gasteiger partial charge >= 0.3 is 6.03 Å². The molecule has 128 valence electrons. The molecule has 0 radical (unpaired) electrons. The van der Waals surface area contributed by atoms with E-state index >= 15 is 0 Å². The zero-order valence-corrected chi connectivity index (χ0v) is 13.9. The predicted molar refractivity (Wildman–Crippen MR) is 94.4 cm³/mol. The fourth-order valence-electron chi connectivity index (χ4n) is 3.40. The molecule has 1 atom stereocenters. The summed E-state index contributed by atoms with van der Waals surface area (Å²) in [5.74, 6) is 0.589. The van der Waals surface area contributed by atoms with Crippen LogP contribution in [-0.2, 0) is 6.42 Å². The van der Waals surface area contributed by atoms with Crippen LogP contribution in [0.5, 0.6) is 0 Å². The standard InChI is InChI=1S/C19H19N3O3/c1-12-20-16-7-6-14(10-18(16)25-12)21-19(24)22-9-8-13-4-2-3-5-15(13)17(22)11-23/h2-7,10,17,23H,8-9,11H2,1H3,(H,21,24). The number of hydrogen-bond donors (Lipinski definition) is 2. The number of aliphatic hydroxyl groups excluding tert-OH is 1. The Kier molecular flexibility index (Phi) is 3.89. The third-order valence-electron chi connectivity index (χ3n) is 4.59. The minimum absolute atomic E-state index is 0.106. The fourth-order valence-corrected chi connectivity index (χ4v) is 3.40. The van der Waals surface area contributed by atoms with Gasteiger partial charge < -0.3 is 19.7 Å². The topological polar surface area (TPSA) is 78.6 Å². The number of anilines is 1. The molecule has 1 aliphatic rings. The highest BCUT2D eigenvalue weighted by atomic mass is 16.3. The van der Waals surface area contributed by atoms with Gasteiger partial charge in [0.1, 0.15) is 5.52 Å². The van der Waals surface area contributed by atoms with E-state index in [1.165, 1.54) is 5.56 Å². The molecule has 1 aliphatic heterocycles. The summed E-state index contributed by atoms with van der Waals surface area (Å²) < 4.78 is 5.51. The van der Waals surface area contributed by atoms with E-state index in [2.05, 4.69) is 10.3 Å². The van der Waals surface area contributed by atoms with E-state index < -0.39 is 0 Å². The molecule has 4 rings (SSSR count). The lowest BCUT2D eigenvalue weighted by atomic mass is 9.93. The number of nitrogens with one attached hydrogen (secondary N) is 1. The van der Waals surface area contributed by atoms with Crippen molar-refractivity contribution in [3.05, 3.63) is 59.5 Å². The molecule has 25 heavy (non-hydrogen) atoms. The highest BCUT2D eigenvalue weighted by Crippen LogP contribution is 2.30. The van der Waals surface area contributed by atoms with E-state index in [4.69, 9.17) is 4.42 Å². The molecular formula is C19H19N3O3. The number of amides is 2. The van der Waals surface area contributed by atoms with Crippen LogP contribution in [0.4, 0.5) is 10.5 Å². The molecule has 0 aliphatic carbocycles. The van der Waals surface area contributed by atoms with Crippen molar-refractivity contribution in [2.75, 3.05) is 18.5 Å². The largest absolute Gasteiger partial charge is 0.441 e. The van der Waals surface area contributed by atoms with E-state index in [1.54, 1.807) is 24.0 Å². The van der Waals surface area contributed by atoms with Crippen molar-refractivity contribution in [3.8, 4) is 0 Å². The van der Waals surface area contributed by atoms with Gasteiger partial charge in [-0.15, -0.1) is 0 Å². The van der Waals surface area contributed by atoms with Crippen LogP contribution in [0.15, 0.2) is 46.9 Å². The monoisotopic (exact) mass is 337 g/mol. The van der Waals surface area contributed by atoms with Gasteiger partial charge in [0.05, 0.1) is 12.6 Å². The quantitative estimate of drug-likeness (QED) is 0.752. The summed E-state index contributed by atoms with van der Waals surface area (Å²) in [5, 5.41) is 12.7. The fraction of sp³-hybridized carbons (Fsp3) is 0.263. The highest BCUT2D eigenvalue weighted by molar-refractivity contribution is 5.92. The summed E-state index contributed by atoms with van der Waals surface area (Å²) in [5.41, 5.74) is 4.23. The molecule has 6 nitrogen and oxygen atoms in total. The lowest BCUT2D eigenvalue weighted by Crippen LogP contribution is -2.43. The van der Waals surface area contributed by atoms with Gasteiger partial charge in [0.15, 0.2) is 11.5 Å². The molecule has 1 unspecified atom stereocenters. The van der Waals surface area contributed by atoms with Gasteiger partial charge in [-0.1, -0.05) is 24.3 Å². The molecule has 2 heterocycles. The molecular weight excluding hydrogens is 318 g/mol. The maximum Gasteiger partial charge on any atom is 0.322 e. The number of fused-ring (bicyclic) bond motifs is 2. The number of nitrogens with zero attached hydrogens (tertiary/aromatic N) is 2. The minimum atomic E-state index is -0.332. The molecule has 0 bridgehead atoms. The van der Waals surface area contributed by atoms with Crippen molar-refractivity contribution in [2.24, 2.45) is 0 Å². The zero-order valence-electron chi connectivity index (χ0n) is 13.9. The summed E-state index contributed by atoms with van der Waals surface area (Å²) >= 11 is 0. The second-order valence-electron chi connectivity index (χ2n) is 6.19. The van der Waals surface area contributed by atoms with Crippen molar-refractivity contribution in [1.29, 1.82) is 0 Å². The average molecular weight is 337 g/mol. The molecule has 2 aromatic carbocycles. The van der Waals surface area contributed by atoms with Crippen molar-refractivity contribution < 1.29 is 14.3 Å². The summed E-state index contributed by atoms with van der Waals surface area (Å²) in [4.78, 5) is 18.7. The minimum Gasteiger partial charge on any atom is -0.441 e. The second-order valence-corrected chi connectivity index (χ2v) is 6.19. The molecule has 2 N–H and O–H groups in total. The molecule has 2 amide bonds. The number of carbonyl (C=O) groups is 1. The Labute approximate surface area is 145 Å². The lowest BCUT2D eigenvalue weighted by Gasteiger charge is -2.36. The van der Waals surface area contributed by atoms with E-state index in [9.17, 15) is 9.90 Å². The first kappa shape index (κ1) is 15.7. The number of aliphatic hydroxyl groups is 1.